The topological polar surface area (TPSA) is 121 Å². The molecule has 170 valence electrons. The Labute approximate surface area is 187 Å². The normalized spacial score (nSPS) is 23.6. The summed E-state index contributed by atoms with van der Waals surface area (Å²) in [6.45, 7) is 0.444. The molecule has 2 aliphatic rings. The lowest BCUT2D eigenvalue weighted by Gasteiger charge is -2.32. The Morgan fingerprint density at radius 2 is 1.69 bits per heavy atom. The first-order chi connectivity index (χ1) is 15.5. The number of carbonyl (C=O) groups is 2. The van der Waals surface area contributed by atoms with Crippen LogP contribution in [0.4, 0.5) is 0 Å². The van der Waals surface area contributed by atoms with Gasteiger partial charge in [-0.1, -0.05) is 25.0 Å². The van der Waals surface area contributed by atoms with E-state index in [2.05, 4.69) is 15.6 Å². The first-order valence-electron chi connectivity index (χ1n) is 11.1. The largest absolute Gasteiger partial charge is 0.390 e. The Bertz CT molecular complexity index is 926. The number of nitrogens with one attached hydrogen (secondary N) is 2. The van der Waals surface area contributed by atoms with Gasteiger partial charge in [-0.25, -0.2) is 0 Å². The van der Waals surface area contributed by atoms with Crippen molar-refractivity contribution in [3.63, 3.8) is 0 Å². The molecular weight excluding hydrogens is 410 g/mol. The van der Waals surface area contributed by atoms with Gasteiger partial charge in [-0.3, -0.25) is 14.6 Å². The van der Waals surface area contributed by atoms with Gasteiger partial charge < -0.3 is 25.6 Å². The molecule has 2 heterocycles. The number of amides is 2. The summed E-state index contributed by atoms with van der Waals surface area (Å²) in [5, 5.41) is 25.4. The second kappa shape index (κ2) is 10.2. The third-order valence-corrected chi connectivity index (χ3v) is 6.14. The van der Waals surface area contributed by atoms with Crippen LogP contribution in [-0.2, 0) is 4.74 Å². The van der Waals surface area contributed by atoms with E-state index in [0.717, 1.165) is 18.4 Å². The molecule has 32 heavy (non-hydrogen) atoms. The highest BCUT2D eigenvalue weighted by Gasteiger charge is 2.31. The van der Waals surface area contributed by atoms with Crippen LogP contribution in [-0.4, -0.2) is 64.5 Å². The third-order valence-electron chi connectivity index (χ3n) is 6.14. The number of hydrogen-bond donors (Lipinski definition) is 4. The van der Waals surface area contributed by atoms with E-state index in [-0.39, 0.29) is 24.4 Å². The molecule has 1 saturated heterocycles. The molecule has 2 fully saturated rings. The molecule has 1 aliphatic heterocycles. The molecule has 8 nitrogen and oxygen atoms in total. The van der Waals surface area contributed by atoms with Crippen molar-refractivity contribution in [2.24, 2.45) is 0 Å². The number of nitrogens with zero attached hydrogens (tertiary/aromatic N) is 1. The lowest BCUT2D eigenvalue weighted by molar-refractivity contribution is -0.132. The van der Waals surface area contributed by atoms with Crippen molar-refractivity contribution in [1.82, 2.24) is 15.6 Å². The smallest absolute Gasteiger partial charge is 0.252 e. The average Bonchev–Trinajstić information content (AvgIpc) is 3.33. The van der Waals surface area contributed by atoms with Crippen LogP contribution < -0.4 is 10.6 Å². The summed E-state index contributed by atoms with van der Waals surface area (Å²) in [5.41, 5.74) is 2.54. The van der Waals surface area contributed by atoms with Crippen molar-refractivity contribution >= 4 is 11.8 Å². The summed E-state index contributed by atoms with van der Waals surface area (Å²) in [4.78, 5) is 29.1. The SMILES string of the molecule is O=C(NCC1OCCC(O)C1O)c1ccc(-c2ccc(C(=O)NC3CCCC3)cc2)nc1. The molecule has 2 aromatic rings. The van der Waals surface area contributed by atoms with Gasteiger partial charge in [-0.2, -0.15) is 0 Å². The van der Waals surface area contributed by atoms with Crippen LogP contribution in [0.2, 0.25) is 0 Å². The zero-order valence-corrected chi connectivity index (χ0v) is 17.9. The first-order valence-corrected chi connectivity index (χ1v) is 11.1. The van der Waals surface area contributed by atoms with Crippen LogP contribution in [0.1, 0.15) is 52.8 Å². The summed E-state index contributed by atoms with van der Waals surface area (Å²) in [7, 11) is 0. The molecule has 0 bridgehead atoms. The fourth-order valence-corrected chi connectivity index (χ4v) is 4.16. The number of aromatic nitrogens is 1. The van der Waals surface area contributed by atoms with Gasteiger partial charge in [-0.15, -0.1) is 0 Å². The van der Waals surface area contributed by atoms with Crippen molar-refractivity contribution in [3.8, 4) is 11.3 Å². The maximum absolute atomic E-state index is 12.4. The van der Waals surface area contributed by atoms with Crippen LogP contribution >= 0.6 is 0 Å². The van der Waals surface area contributed by atoms with Crippen LogP contribution in [0, 0.1) is 0 Å². The predicted molar refractivity (Wildman–Crippen MR) is 118 cm³/mol. The predicted octanol–water partition coefficient (Wildman–Crippen LogP) is 1.66. The molecular formula is C24H29N3O5. The average molecular weight is 440 g/mol. The molecule has 1 aromatic heterocycles. The van der Waals surface area contributed by atoms with Gasteiger partial charge in [0.2, 0.25) is 0 Å². The fourth-order valence-electron chi connectivity index (χ4n) is 4.16. The molecule has 0 spiro atoms. The molecule has 4 rings (SSSR count). The lowest BCUT2D eigenvalue weighted by atomic mass is 10.0. The zero-order chi connectivity index (χ0) is 22.5. The van der Waals surface area contributed by atoms with Gasteiger partial charge in [0.1, 0.15) is 12.2 Å². The lowest BCUT2D eigenvalue weighted by Crippen LogP contribution is -2.49. The second-order valence-corrected chi connectivity index (χ2v) is 8.43. The van der Waals surface area contributed by atoms with E-state index >= 15 is 0 Å². The Morgan fingerprint density at radius 1 is 0.969 bits per heavy atom. The van der Waals surface area contributed by atoms with E-state index in [9.17, 15) is 19.8 Å². The first kappa shape index (κ1) is 22.4. The van der Waals surface area contributed by atoms with E-state index in [1.54, 1.807) is 24.3 Å². The number of ether oxygens (including phenoxy) is 1. The van der Waals surface area contributed by atoms with Crippen molar-refractivity contribution in [1.29, 1.82) is 0 Å². The fraction of sp³-hybridized carbons (Fsp3) is 0.458. The van der Waals surface area contributed by atoms with Crippen molar-refractivity contribution in [2.75, 3.05) is 13.2 Å². The molecule has 0 radical (unpaired) electrons. The number of aliphatic hydroxyl groups excluding tert-OH is 2. The summed E-state index contributed by atoms with van der Waals surface area (Å²) in [6.07, 6.45) is 3.79. The van der Waals surface area contributed by atoms with Gasteiger partial charge in [-0.05, 0) is 43.5 Å². The Balaban J connectivity index is 1.32. The zero-order valence-electron chi connectivity index (χ0n) is 17.9. The standard InChI is InChI=1S/C24H29N3O5/c28-20-11-12-32-21(22(20)29)14-26-23(30)17-9-10-19(25-13-17)15-5-7-16(8-6-15)24(31)27-18-3-1-2-4-18/h5-10,13,18,20-22,28-29H,1-4,11-12,14H2,(H,26,30)(H,27,31). The van der Waals surface area contributed by atoms with Crippen LogP contribution in [0.25, 0.3) is 11.3 Å². The summed E-state index contributed by atoms with van der Waals surface area (Å²) >= 11 is 0. The number of pyridine rings is 1. The van der Waals surface area contributed by atoms with Gasteiger partial charge in [0.25, 0.3) is 11.8 Å². The highest BCUT2D eigenvalue weighted by atomic mass is 16.5. The Kier molecular flexibility index (Phi) is 7.14. The molecule has 3 unspecified atom stereocenters. The monoisotopic (exact) mass is 439 g/mol. The molecule has 2 amide bonds. The van der Waals surface area contributed by atoms with E-state index in [4.69, 9.17) is 4.74 Å². The van der Waals surface area contributed by atoms with Crippen molar-refractivity contribution in [3.05, 3.63) is 53.7 Å². The number of rotatable bonds is 6. The third kappa shape index (κ3) is 5.32. The molecule has 1 aliphatic carbocycles. The summed E-state index contributed by atoms with van der Waals surface area (Å²) in [5.74, 6) is -0.387. The minimum Gasteiger partial charge on any atom is -0.390 e. The molecule has 8 heteroatoms. The maximum Gasteiger partial charge on any atom is 0.252 e. The van der Waals surface area contributed by atoms with Gasteiger partial charge in [0.05, 0.1) is 17.4 Å². The minimum atomic E-state index is -1.02. The molecule has 1 aromatic carbocycles. The van der Waals surface area contributed by atoms with E-state index in [1.807, 2.05) is 12.1 Å². The van der Waals surface area contributed by atoms with E-state index in [0.29, 0.717) is 29.8 Å². The summed E-state index contributed by atoms with van der Waals surface area (Å²) in [6, 6.07) is 11.0. The highest BCUT2D eigenvalue weighted by Crippen LogP contribution is 2.20. The van der Waals surface area contributed by atoms with Crippen molar-refractivity contribution in [2.45, 2.75) is 56.5 Å². The van der Waals surface area contributed by atoms with Crippen LogP contribution in [0.3, 0.4) is 0 Å². The quantitative estimate of drug-likeness (QED) is 0.543. The number of benzene rings is 1. The van der Waals surface area contributed by atoms with Gasteiger partial charge >= 0.3 is 0 Å². The highest BCUT2D eigenvalue weighted by molar-refractivity contribution is 5.95. The van der Waals surface area contributed by atoms with Crippen LogP contribution in [0.15, 0.2) is 42.6 Å². The van der Waals surface area contributed by atoms with Gasteiger partial charge in [0.15, 0.2) is 0 Å². The summed E-state index contributed by atoms with van der Waals surface area (Å²) < 4.78 is 5.42. The molecule has 3 atom stereocenters. The number of aliphatic hydroxyl groups is 2. The molecule has 1 saturated carbocycles. The van der Waals surface area contributed by atoms with Gasteiger partial charge in [0, 0.05) is 36.5 Å². The number of carbonyl (C=O) groups excluding carboxylic acids is 2. The minimum absolute atomic E-state index is 0.0528. The van der Waals surface area contributed by atoms with E-state index < -0.39 is 18.3 Å². The second-order valence-electron chi connectivity index (χ2n) is 8.43. The number of hydrogen-bond acceptors (Lipinski definition) is 6. The Hall–Kier alpha value is -2.81. The van der Waals surface area contributed by atoms with Crippen LogP contribution in [0.5, 0.6) is 0 Å². The molecule has 4 N–H and O–H groups in total. The Morgan fingerprint density at radius 3 is 2.38 bits per heavy atom. The maximum atomic E-state index is 12.4. The van der Waals surface area contributed by atoms with Crippen molar-refractivity contribution < 1.29 is 24.5 Å². The van der Waals surface area contributed by atoms with E-state index in [1.165, 1.54) is 19.0 Å².